The second-order valence-corrected chi connectivity index (χ2v) is 6.05. The Hall–Kier alpha value is -1.82. The number of aryl methyl sites for hydroxylation is 3. The van der Waals surface area contributed by atoms with Crippen molar-refractivity contribution in [3.8, 4) is 0 Å². The molecule has 0 amide bonds. The highest BCUT2D eigenvalue weighted by molar-refractivity contribution is 5.26. The van der Waals surface area contributed by atoms with Gasteiger partial charge in [0.15, 0.2) is 0 Å². The number of allylic oxidation sites excluding steroid dienone is 2. The molecule has 0 fully saturated rings. The van der Waals surface area contributed by atoms with Crippen LogP contribution in [-0.4, -0.2) is 0 Å². The lowest BCUT2D eigenvalue weighted by atomic mass is 9.96. The molecule has 0 aliphatic heterocycles. The lowest BCUT2D eigenvalue weighted by Crippen LogP contribution is -1.99. The van der Waals surface area contributed by atoms with Gasteiger partial charge in [-0.3, -0.25) is 0 Å². The predicted octanol–water partition coefficient (Wildman–Crippen LogP) is 5.81. The highest BCUT2D eigenvalue weighted by Crippen LogP contribution is 2.22. The molecule has 1 atom stereocenters. The molecule has 2 aromatic rings. The van der Waals surface area contributed by atoms with Crippen LogP contribution in [0.4, 0.5) is 0 Å². The van der Waals surface area contributed by atoms with Crippen LogP contribution in [0.1, 0.15) is 35.1 Å². The van der Waals surface area contributed by atoms with Crippen molar-refractivity contribution in [3.05, 3.63) is 82.9 Å². The van der Waals surface area contributed by atoms with Crippen molar-refractivity contribution in [1.29, 1.82) is 0 Å². The SMILES string of the molecule is Cc1ccc(C)cc1.Cc1ccccc1C[C@H]1C=CCC1. The van der Waals surface area contributed by atoms with Gasteiger partial charge in [-0.15, -0.1) is 0 Å². The summed E-state index contributed by atoms with van der Waals surface area (Å²) >= 11 is 0. The number of hydrogen-bond donors (Lipinski definition) is 0. The van der Waals surface area contributed by atoms with Gasteiger partial charge in [-0.05, 0) is 57.1 Å². The van der Waals surface area contributed by atoms with Crippen LogP contribution in [0, 0.1) is 26.7 Å². The van der Waals surface area contributed by atoms with Gasteiger partial charge in [0.1, 0.15) is 0 Å². The van der Waals surface area contributed by atoms with Crippen LogP contribution < -0.4 is 0 Å². The van der Waals surface area contributed by atoms with Crippen LogP contribution in [-0.2, 0) is 6.42 Å². The molecule has 0 radical (unpaired) electrons. The predicted molar refractivity (Wildman–Crippen MR) is 92.7 cm³/mol. The van der Waals surface area contributed by atoms with E-state index in [1.54, 1.807) is 0 Å². The molecule has 0 bridgehead atoms. The quantitative estimate of drug-likeness (QED) is 0.608. The molecule has 3 rings (SSSR count). The average molecular weight is 278 g/mol. The fourth-order valence-corrected chi connectivity index (χ4v) is 2.62. The molecule has 21 heavy (non-hydrogen) atoms. The zero-order valence-corrected chi connectivity index (χ0v) is 13.5. The van der Waals surface area contributed by atoms with Crippen LogP contribution in [0.3, 0.4) is 0 Å². The van der Waals surface area contributed by atoms with Crippen molar-refractivity contribution in [2.45, 2.75) is 40.0 Å². The Morgan fingerprint density at radius 2 is 1.48 bits per heavy atom. The minimum atomic E-state index is 0.793. The topological polar surface area (TPSA) is 0 Å². The molecule has 1 aliphatic rings. The van der Waals surface area contributed by atoms with Crippen LogP contribution in [0.5, 0.6) is 0 Å². The third-order valence-electron chi connectivity index (χ3n) is 4.07. The fraction of sp³-hybridized carbons (Fsp3) is 0.333. The zero-order valence-electron chi connectivity index (χ0n) is 13.5. The zero-order chi connectivity index (χ0) is 15.1. The van der Waals surface area contributed by atoms with Gasteiger partial charge in [-0.25, -0.2) is 0 Å². The third kappa shape index (κ3) is 5.23. The largest absolute Gasteiger partial charge is 0.0882 e. The Bertz CT molecular complexity index is 554. The average Bonchev–Trinajstić information content (AvgIpc) is 2.98. The van der Waals surface area contributed by atoms with E-state index < -0.39 is 0 Å². The maximum atomic E-state index is 2.37. The van der Waals surface area contributed by atoms with Crippen molar-refractivity contribution in [3.63, 3.8) is 0 Å². The highest BCUT2D eigenvalue weighted by atomic mass is 14.2. The smallest absolute Gasteiger partial charge is 0.0190 e. The first-order chi connectivity index (χ1) is 10.1. The lowest BCUT2D eigenvalue weighted by Gasteiger charge is -2.09. The molecule has 0 N–H and O–H groups in total. The second-order valence-electron chi connectivity index (χ2n) is 6.05. The lowest BCUT2D eigenvalue weighted by molar-refractivity contribution is 0.628. The van der Waals surface area contributed by atoms with E-state index in [0.717, 1.165) is 5.92 Å². The molecule has 1 aliphatic carbocycles. The normalized spacial score (nSPS) is 16.4. The first-order valence-corrected chi connectivity index (χ1v) is 7.89. The maximum absolute atomic E-state index is 2.37. The van der Waals surface area contributed by atoms with Crippen LogP contribution in [0.2, 0.25) is 0 Å². The van der Waals surface area contributed by atoms with E-state index in [4.69, 9.17) is 0 Å². The van der Waals surface area contributed by atoms with Gasteiger partial charge in [-0.1, -0.05) is 71.8 Å². The van der Waals surface area contributed by atoms with Crippen LogP contribution in [0.25, 0.3) is 0 Å². The number of rotatable bonds is 2. The van der Waals surface area contributed by atoms with Crippen molar-refractivity contribution in [2.75, 3.05) is 0 Å². The number of hydrogen-bond acceptors (Lipinski definition) is 0. The minimum Gasteiger partial charge on any atom is -0.0882 e. The van der Waals surface area contributed by atoms with Gasteiger partial charge in [0.25, 0.3) is 0 Å². The molecular formula is C21H26. The van der Waals surface area contributed by atoms with E-state index in [0.29, 0.717) is 0 Å². The van der Waals surface area contributed by atoms with E-state index >= 15 is 0 Å². The Morgan fingerprint density at radius 1 is 0.857 bits per heavy atom. The molecule has 110 valence electrons. The van der Waals surface area contributed by atoms with Crippen molar-refractivity contribution in [2.24, 2.45) is 5.92 Å². The molecule has 0 heterocycles. The molecular weight excluding hydrogens is 252 g/mol. The minimum absolute atomic E-state index is 0.793. The highest BCUT2D eigenvalue weighted by Gasteiger charge is 2.10. The van der Waals surface area contributed by atoms with Crippen LogP contribution >= 0.6 is 0 Å². The van der Waals surface area contributed by atoms with Gasteiger partial charge in [0.05, 0.1) is 0 Å². The molecule has 0 aromatic heterocycles. The second kappa shape index (κ2) is 7.83. The van der Waals surface area contributed by atoms with Gasteiger partial charge < -0.3 is 0 Å². The van der Waals surface area contributed by atoms with E-state index in [-0.39, 0.29) is 0 Å². The fourth-order valence-electron chi connectivity index (χ4n) is 2.62. The summed E-state index contributed by atoms with van der Waals surface area (Å²) in [5.41, 5.74) is 5.60. The first kappa shape index (κ1) is 15.6. The summed E-state index contributed by atoms with van der Waals surface area (Å²) < 4.78 is 0. The Labute approximate surface area is 129 Å². The molecule has 0 saturated heterocycles. The van der Waals surface area contributed by atoms with Gasteiger partial charge in [0.2, 0.25) is 0 Å². The standard InChI is InChI=1S/C13H16.C8H10/c1-11-6-2-5-9-13(11)10-12-7-3-4-8-12;1-7-3-5-8(2)6-4-7/h2-3,5-7,9,12H,4,8,10H2,1H3;3-6H,1-2H3/t12-;/m0./s1. The Balaban J connectivity index is 0.000000173. The summed E-state index contributed by atoms with van der Waals surface area (Å²) in [5.74, 6) is 0.793. The molecule has 0 saturated carbocycles. The van der Waals surface area contributed by atoms with Crippen molar-refractivity contribution in [1.82, 2.24) is 0 Å². The summed E-state index contributed by atoms with van der Waals surface area (Å²) in [5, 5.41) is 0. The maximum Gasteiger partial charge on any atom is -0.0190 e. The first-order valence-electron chi connectivity index (χ1n) is 7.89. The summed E-state index contributed by atoms with van der Waals surface area (Å²) in [6.45, 7) is 6.40. The van der Waals surface area contributed by atoms with Gasteiger partial charge >= 0.3 is 0 Å². The van der Waals surface area contributed by atoms with E-state index in [9.17, 15) is 0 Å². The van der Waals surface area contributed by atoms with E-state index in [1.165, 1.54) is 41.5 Å². The van der Waals surface area contributed by atoms with Crippen molar-refractivity contribution < 1.29 is 0 Å². The summed E-state index contributed by atoms with van der Waals surface area (Å²) in [7, 11) is 0. The molecule has 0 nitrogen and oxygen atoms in total. The van der Waals surface area contributed by atoms with Crippen LogP contribution in [0.15, 0.2) is 60.7 Å². The summed E-state index contributed by atoms with van der Waals surface area (Å²) in [6.07, 6.45) is 8.52. The Morgan fingerprint density at radius 3 is 2.00 bits per heavy atom. The number of benzene rings is 2. The monoisotopic (exact) mass is 278 g/mol. The molecule has 2 aromatic carbocycles. The van der Waals surface area contributed by atoms with Gasteiger partial charge in [0, 0.05) is 0 Å². The molecule has 0 spiro atoms. The summed E-state index contributed by atoms with van der Waals surface area (Å²) in [4.78, 5) is 0. The molecule has 0 unspecified atom stereocenters. The van der Waals surface area contributed by atoms with E-state index in [2.05, 4.69) is 81.5 Å². The van der Waals surface area contributed by atoms with E-state index in [1.807, 2.05) is 0 Å². The van der Waals surface area contributed by atoms with Crippen molar-refractivity contribution >= 4 is 0 Å². The Kier molecular flexibility index (Phi) is 5.80. The molecule has 0 heteroatoms. The third-order valence-corrected chi connectivity index (χ3v) is 4.07. The summed E-state index contributed by atoms with van der Waals surface area (Å²) in [6, 6.07) is 17.2. The van der Waals surface area contributed by atoms with Gasteiger partial charge in [-0.2, -0.15) is 0 Å².